The summed E-state index contributed by atoms with van der Waals surface area (Å²) in [6.07, 6.45) is -1.03. The van der Waals surface area contributed by atoms with Crippen LogP contribution in [0.4, 0.5) is 0 Å². The minimum absolute atomic E-state index is 0.203. The third-order valence-corrected chi connectivity index (χ3v) is 5.89. The zero-order valence-electron chi connectivity index (χ0n) is 14.3. The lowest BCUT2D eigenvalue weighted by atomic mass is 9.89. The maximum Gasteiger partial charge on any atom is 0.332 e. The molecule has 0 saturated carbocycles. The van der Waals surface area contributed by atoms with Gasteiger partial charge in [0.1, 0.15) is 0 Å². The normalized spacial score (nSPS) is 15.7. The van der Waals surface area contributed by atoms with Crippen LogP contribution in [0.1, 0.15) is 12.8 Å². The predicted octanol–water partition coefficient (Wildman–Crippen LogP) is -2.15. The quantitative estimate of drug-likeness (QED) is 0.126. The second kappa shape index (κ2) is 11.5. The first-order valence-corrected chi connectivity index (χ1v) is 10.0. The van der Waals surface area contributed by atoms with E-state index in [1.54, 1.807) is 0 Å². The molecule has 0 aromatic heterocycles. The van der Waals surface area contributed by atoms with Gasteiger partial charge in [-0.2, -0.15) is 23.5 Å². The molecule has 0 radical (unpaired) electrons. The average Bonchev–Trinajstić information content (AvgIpc) is 2.58. The topological polar surface area (TPSA) is 213 Å². The number of ketones is 2. The van der Waals surface area contributed by atoms with E-state index < -0.39 is 47.4 Å². The number of rotatable bonds is 15. The molecular weight excluding hydrogens is 384 g/mol. The van der Waals surface area contributed by atoms with Crippen LogP contribution in [0.2, 0.25) is 0 Å². The van der Waals surface area contributed by atoms with Crippen LogP contribution >= 0.6 is 23.5 Å². The van der Waals surface area contributed by atoms with Gasteiger partial charge < -0.3 is 33.1 Å². The summed E-state index contributed by atoms with van der Waals surface area (Å²) < 4.78 is 0. The van der Waals surface area contributed by atoms with Crippen molar-refractivity contribution >= 4 is 47.0 Å². The minimum atomic E-state index is -2.17. The summed E-state index contributed by atoms with van der Waals surface area (Å²) in [5, 5.41) is 18.5. The minimum Gasteiger partial charge on any atom is -0.480 e. The van der Waals surface area contributed by atoms with E-state index >= 15 is 0 Å². The summed E-state index contributed by atoms with van der Waals surface area (Å²) in [5.74, 6) is -4.35. The first kappa shape index (κ1) is 24.8. The first-order chi connectivity index (χ1) is 12.1. The molecule has 0 saturated heterocycles. The summed E-state index contributed by atoms with van der Waals surface area (Å²) in [6.45, 7) is 0.587. The van der Waals surface area contributed by atoms with Crippen LogP contribution in [-0.4, -0.2) is 80.9 Å². The van der Waals surface area contributed by atoms with Crippen LogP contribution in [-0.2, 0) is 19.2 Å². The number of thioether (sulfide) groups is 2. The molecule has 0 aliphatic rings. The molecule has 26 heavy (non-hydrogen) atoms. The fourth-order valence-corrected chi connectivity index (χ4v) is 3.66. The fraction of sp³-hybridized carbons (Fsp3) is 0.714. The van der Waals surface area contributed by atoms with E-state index in [-0.39, 0.29) is 11.5 Å². The van der Waals surface area contributed by atoms with Gasteiger partial charge in [-0.15, -0.1) is 0 Å². The van der Waals surface area contributed by atoms with Crippen molar-refractivity contribution in [1.82, 2.24) is 0 Å². The van der Waals surface area contributed by atoms with Gasteiger partial charge in [-0.25, -0.2) is 9.59 Å². The smallest absolute Gasteiger partial charge is 0.332 e. The Morgan fingerprint density at radius 2 is 1.04 bits per heavy atom. The number of carbonyl (C=O) groups is 4. The maximum atomic E-state index is 12.2. The number of carbonyl (C=O) groups excluding carboxylic acids is 2. The van der Waals surface area contributed by atoms with E-state index in [1.165, 1.54) is 0 Å². The highest BCUT2D eigenvalue weighted by atomic mass is 32.2. The summed E-state index contributed by atoms with van der Waals surface area (Å²) in [7, 11) is 0. The monoisotopic (exact) mass is 410 g/mol. The van der Waals surface area contributed by atoms with Gasteiger partial charge in [0.05, 0.1) is 0 Å². The van der Waals surface area contributed by atoms with Crippen molar-refractivity contribution in [2.24, 2.45) is 22.9 Å². The molecule has 10 N–H and O–H groups in total. The molecule has 0 amide bonds. The summed E-state index contributed by atoms with van der Waals surface area (Å²) in [6, 6.07) is 0. The van der Waals surface area contributed by atoms with Gasteiger partial charge in [-0.3, -0.25) is 9.59 Å². The van der Waals surface area contributed by atoms with Crippen molar-refractivity contribution in [2.45, 2.75) is 23.9 Å². The molecule has 12 heteroatoms. The average molecular weight is 411 g/mol. The highest BCUT2D eigenvalue weighted by Gasteiger charge is 2.44. The van der Waals surface area contributed by atoms with Gasteiger partial charge in [0.15, 0.2) is 22.6 Å². The van der Waals surface area contributed by atoms with Crippen LogP contribution in [0, 0.1) is 0 Å². The molecule has 10 nitrogen and oxygen atoms in total. The Labute approximate surface area is 159 Å². The summed E-state index contributed by atoms with van der Waals surface area (Å²) >= 11 is 2.21. The third-order valence-electron chi connectivity index (χ3n) is 3.52. The molecule has 0 bridgehead atoms. The van der Waals surface area contributed by atoms with E-state index in [2.05, 4.69) is 0 Å². The molecular formula is C14H26N4O6S2. The first-order valence-electron chi connectivity index (χ1n) is 7.73. The largest absolute Gasteiger partial charge is 0.480 e. The number of hydrogen-bond donors (Lipinski definition) is 6. The Hall–Kier alpha value is -1.18. The lowest BCUT2D eigenvalue weighted by Gasteiger charge is -2.25. The van der Waals surface area contributed by atoms with Gasteiger partial charge in [-0.05, 0) is 0 Å². The number of Topliss-reactive ketones (excluding diaryl/α,β-unsaturated/α-hetero) is 2. The van der Waals surface area contributed by atoms with Gasteiger partial charge >= 0.3 is 11.9 Å². The highest BCUT2D eigenvalue weighted by molar-refractivity contribution is 7.99. The Morgan fingerprint density at radius 1 is 0.731 bits per heavy atom. The number of carboxylic acids is 2. The maximum absolute atomic E-state index is 12.2. The van der Waals surface area contributed by atoms with Crippen LogP contribution in [0.25, 0.3) is 0 Å². The van der Waals surface area contributed by atoms with Crippen LogP contribution in [0.5, 0.6) is 0 Å². The van der Waals surface area contributed by atoms with E-state index in [9.17, 15) is 29.4 Å². The summed E-state index contributed by atoms with van der Waals surface area (Å²) in [5.41, 5.74) is 17.7. The molecule has 0 heterocycles. The molecule has 2 atom stereocenters. The van der Waals surface area contributed by atoms with E-state index in [0.29, 0.717) is 24.6 Å². The lowest BCUT2D eigenvalue weighted by Crippen LogP contribution is -2.59. The molecule has 0 aromatic rings. The van der Waals surface area contributed by atoms with Gasteiger partial charge in [-0.1, -0.05) is 0 Å². The molecule has 0 aromatic carbocycles. The van der Waals surface area contributed by atoms with Crippen molar-refractivity contribution in [2.75, 3.05) is 36.1 Å². The SMILES string of the molecule is NCCSCC(N)(C(=O)O)C(=O)CCC(=O)C(N)(CSCCN)C(=O)O. The van der Waals surface area contributed by atoms with Crippen molar-refractivity contribution in [3.63, 3.8) is 0 Å². The molecule has 0 rings (SSSR count). The third kappa shape index (κ3) is 6.85. The number of hydrogen-bond acceptors (Lipinski definition) is 10. The van der Waals surface area contributed by atoms with Crippen molar-refractivity contribution in [1.29, 1.82) is 0 Å². The number of aliphatic carboxylic acids is 2. The molecule has 150 valence electrons. The number of nitrogens with two attached hydrogens (primary N) is 4. The van der Waals surface area contributed by atoms with Crippen LogP contribution in [0.15, 0.2) is 0 Å². The molecule has 2 unspecified atom stereocenters. The summed E-state index contributed by atoms with van der Waals surface area (Å²) in [4.78, 5) is 47.2. The second-order valence-electron chi connectivity index (χ2n) is 5.58. The van der Waals surface area contributed by atoms with E-state index in [0.717, 1.165) is 23.5 Å². The Balaban J connectivity index is 4.99. The number of carboxylic acid groups (broad SMARTS) is 2. The van der Waals surface area contributed by atoms with Crippen LogP contribution < -0.4 is 22.9 Å². The van der Waals surface area contributed by atoms with Crippen molar-refractivity contribution in [3.05, 3.63) is 0 Å². The van der Waals surface area contributed by atoms with Gasteiger partial charge in [0, 0.05) is 48.9 Å². The highest BCUT2D eigenvalue weighted by Crippen LogP contribution is 2.19. The Bertz CT molecular complexity index is 490. The fourth-order valence-electron chi connectivity index (χ4n) is 1.83. The standard InChI is InChI=1S/C14H26N4O6S2/c15-3-5-25-7-13(17,11(21)22)9(19)1-2-10(20)14(18,12(23)24)8-26-6-4-16/h1-8,15-18H2,(H,21,22)(H,23,24). The Kier molecular flexibility index (Phi) is 11.0. The molecule has 0 fully saturated rings. The zero-order valence-corrected chi connectivity index (χ0v) is 15.9. The molecule has 0 aliphatic heterocycles. The van der Waals surface area contributed by atoms with Crippen molar-refractivity contribution < 1.29 is 29.4 Å². The predicted molar refractivity (Wildman–Crippen MR) is 101 cm³/mol. The van der Waals surface area contributed by atoms with Gasteiger partial charge in [0.2, 0.25) is 0 Å². The zero-order chi connectivity index (χ0) is 20.4. The molecule has 0 aliphatic carbocycles. The van der Waals surface area contributed by atoms with E-state index in [4.69, 9.17) is 22.9 Å². The second-order valence-corrected chi connectivity index (χ2v) is 7.79. The van der Waals surface area contributed by atoms with Crippen LogP contribution in [0.3, 0.4) is 0 Å². The van der Waals surface area contributed by atoms with Crippen molar-refractivity contribution in [3.8, 4) is 0 Å². The van der Waals surface area contributed by atoms with Gasteiger partial charge in [0.25, 0.3) is 0 Å². The Morgan fingerprint density at radius 3 is 1.27 bits per heavy atom. The van der Waals surface area contributed by atoms with E-state index in [1.807, 2.05) is 0 Å². The lowest BCUT2D eigenvalue weighted by molar-refractivity contribution is -0.150. The molecule has 0 spiro atoms.